The summed E-state index contributed by atoms with van der Waals surface area (Å²) < 4.78 is 15.9. The Bertz CT molecular complexity index is 1090. The summed E-state index contributed by atoms with van der Waals surface area (Å²) in [5.41, 5.74) is 2.92. The summed E-state index contributed by atoms with van der Waals surface area (Å²) in [4.78, 5) is 29.3. The molecule has 2 amide bonds. The average molecular weight is 425 g/mol. The molecule has 1 aliphatic rings. The summed E-state index contributed by atoms with van der Waals surface area (Å²) in [6, 6.07) is 13.5. The number of nitrogens with zero attached hydrogens (tertiary/aromatic N) is 1. The first-order chi connectivity index (χ1) is 14.6. The number of amides is 2. The van der Waals surface area contributed by atoms with E-state index in [-0.39, 0.29) is 5.75 Å². The lowest BCUT2D eigenvalue weighted by Gasteiger charge is -2.29. The van der Waals surface area contributed by atoms with Gasteiger partial charge < -0.3 is 24.5 Å². The molecule has 3 aromatic rings. The van der Waals surface area contributed by atoms with E-state index in [2.05, 4.69) is 15.6 Å². The van der Waals surface area contributed by atoms with Gasteiger partial charge in [-0.2, -0.15) is 0 Å². The summed E-state index contributed by atoms with van der Waals surface area (Å²) in [6.45, 7) is 0. The van der Waals surface area contributed by atoms with Crippen LogP contribution in [0.25, 0.3) is 11.1 Å². The van der Waals surface area contributed by atoms with Crippen LogP contribution in [0.4, 0.5) is 4.79 Å². The van der Waals surface area contributed by atoms with Crippen LogP contribution in [-0.2, 0) is 9.53 Å². The van der Waals surface area contributed by atoms with Crippen LogP contribution in [0, 0.1) is 0 Å². The van der Waals surface area contributed by atoms with Gasteiger partial charge in [0.2, 0.25) is 0 Å². The summed E-state index contributed by atoms with van der Waals surface area (Å²) in [5.74, 6) is 0.419. The van der Waals surface area contributed by atoms with Crippen LogP contribution in [0.15, 0.2) is 69.4 Å². The molecule has 0 bridgehead atoms. The number of carbonyl (C=O) groups excluding carboxylic acids is 2. The highest BCUT2D eigenvalue weighted by molar-refractivity contribution is 7.99. The SMILES string of the molecule is COC(=O)C1=C(CSc2nc3ccccc3o2)NC(=O)N[C@H]1c1ccc(OC)cc1. The predicted octanol–water partition coefficient (Wildman–Crippen LogP) is 3.41. The van der Waals surface area contributed by atoms with Gasteiger partial charge in [0.1, 0.15) is 11.3 Å². The van der Waals surface area contributed by atoms with Crippen LogP contribution in [0.3, 0.4) is 0 Å². The Labute approximate surface area is 176 Å². The van der Waals surface area contributed by atoms with Gasteiger partial charge in [0.05, 0.1) is 25.8 Å². The Kier molecular flexibility index (Phi) is 5.62. The Hall–Kier alpha value is -3.46. The number of hydrogen-bond acceptors (Lipinski definition) is 7. The first-order valence-electron chi connectivity index (χ1n) is 9.10. The molecule has 2 aromatic carbocycles. The van der Waals surface area contributed by atoms with E-state index in [4.69, 9.17) is 13.9 Å². The third-order valence-corrected chi connectivity index (χ3v) is 5.48. The minimum atomic E-state index is -0.656. The first kappa shape index (κ1) is 19.8. The number of urea groups is 1. The number of fused-ring (bicyclic) bond motifs is 1. The van der Waals surface area contributed by atoms with Gasteiger partial charge in [0.25, 0.3) is 5.22 Å². The second-order valence-electron chi connectivity index (χ2n) is 6.42. The molecular weight excluding hydrogens is 406 g/mol. The Morgan fingerprint density at radius 3 is 2.63 bits per heavy atom. The average Bonchev–Trinajstić information content (AvgIpc) is 3.20. The van der Waals surface area contributed by atoms with Gasteiger partial charge >= 0.3 is 12.0 Å². The number of methoxy groups -OCH3 is 2. The van der Waals surface area contributed by atoms with Crippen molar-refractivity contribution in [3.8, 4) is 5.75 Å². The normalized spacial score (nSPS) is 16.2. The highest BCUT2D eigenvalue weighted by atomic mass is 32.2. The fourth-order valence-electron chi connectivity index (χ4n) is 3.18. The Morgan fingerprint density at radius 1 is 1.17 bits per heavy atom. The number of hydrogen-bond donors (Lipinski definition) is 2. The number of aromatic nitrogens is 1. The maximum Gasteiger partial charge on any atom is 0.338 e. The van der Waals surface area contributed by atoms with Crippen molar-refractivity contribution >= 4 is 34.9 Å². The largest absolute Gasteiger partial charge is 0.497 e. The van der Waals surface area contributed by atoms with E-state index >= 15 is 0 Å². The van der Waals surface area contributed by atoms with E-state index in [0.717, 1.165) is 11.1 Å². The standard InChI is InChI=1S/C21H19N3O5S/c1-27-13-9-7-12(8-10-13)18-17(19(25)28-2)15(22-20(26)24-18)11-30-21-23-14-5-3-4-6-16(14)29-21/h3-10,18H,11H2,1-2H3,(H2,22,24,26)/t18-/m0/s1. The zero-order valence-electron chi connectivity index (χ0n) is 16.3. The molecule has 154 valence electrons. The molecular formula is C21H19N3O5S. The predicted molar refractivity (Wildman–Crippen MR) is 111 cm³/mol. The lowest BCUT2D eigenvalue weighted by molar-refractivity contribution is -0.136. The lowest BCUT2D eigenvalue weighted by atomic mass is 9.95. The third kappa shape index (κ3) is 3.97. The smallest absolute Gasteiger partial charge is 0.338 e. The van der Waals surface area contributed by atoms with Crippen LogP contribution in [-0.4, -0.2) is 37.0 Å². The second kappa shape index (κ2) is 8.50. The number of para-hydroxylation sites is 2. The van der Waals surface area contributed by atoms with Crippen molar-refractivity contribution in [2.24, 2.45) is 0 Å². The molecule has 0 saturated heterocycles. The molecule has 2 heterocycles. The van der Waals surface area contributed by atoms with Crippen molar-refractivity contribution in [1.29, 1.82) is 0 Å². The highest BCUT2D eigenvalue weighted by Crippen LogP contribution is 2.32. The third-order valence-electron chi connectivity index (χ3n) is 4.62. The number of thioether (sulfide) groups is 1. The van der Waals surface area contributed by atoms with Gasteiger partial charge in [-0.05, 0) is 29.8 Å². The van der Waals surface area contributed by atoms with Gasteiger partial charge in [-0.25, -0.2) is 14.6 Å². The first-order valence-corrected chi connectivity index (χ1v) is 10.1. The Balaban J connectivity index is 1.66. The van der Waals surface area contributed by atoms with E-state index in [1.54, 1.807) is 31.4 Å². The number of oxazole rings is 1. The summed E-state index contributed by atoms with van der Waals surface area (Å²) in [6.07, 6.45) is 0. The Morgan fingerprint density at radius 2 is 1.93 bits per heavy atom. The molecule has 0 unspecified atom stereocenters. The van der Waals surface area contributed by atoms with Crippen molar-refractivity contribution in [2.75, 3.05) is 20.0 Å². The molecule has 30 heavy (non-hydrogen) atoms. The zero-order chi connectivity index (χ0) is 21.1. The van der Waals surface area contributed by atoms with Crippen LogP contribution in [0.5, 0.6) is 5.75 Å². The minimum absolute atomic E-state index is 0.275. The van der Waals surface area contributed by atoms with Gasteiger partial charge in [0.15, 0.2) is 5.58 Å². The van der Waals surface area contributed by atoms with Crippen molar-refractivity contribution < 1.29 is 23.5 Å². The molecule has 4 rings (SSSR count). The molecule has 0 aliphatic carbocycles. The summed E-state index contributed by atoms with van der Waals surface area (Å²) in [5, 5.41) is 5.96. The molecule has 0 radical (unpaired) electrons. The summed E-state index contributed by atoms with van der Waals surface area (Å²) in [7, 11) is 2.88. The van der Waals surface area contributed by atoms with Crippen LogP contribution < -0.4 is 15.4 Å². The van der Waals surface area contributed by atoms with Crippen molar-refractivity contribution in [1.82, 2.24) is 15.6 Å². The molecule has 1 atom stereocenters. The van der Waals surface area contributed by atoms with Crippen molar-refractivity contribution in [3.05, 3.63) is 65.4 Å². The van der Waals surface area contributed by atoms with Gasteiger partial charge in [0, 0.05) is 11.4 Å². The van der Waals surface area contributed by atoms with E-state index in [9.17, 15) is 9.59 Å². The molecule has 9 heteroatoms. The number of ether oxygens (including phenoxy) is 2. The topological polar surface area (TPSA) is 103 Å². The quantitative estimate of drug-likeness (QED) is 0.461. The van der Waals surface area contributed by atoms with Crippen molar-refractivity contribution in [3.63, 3.8) is 0 Å². The minimum Gasteiger partial charge on any atom is -0.497 e. The molecule has 0 spiro atoms. The van der Waals surface area contributed by atoms with Gasteiger partial charge in [-0.15, -0.1) is 0 Å². The fraction of sp³-hybridized carbons (Fsp3) is 0.190. The van der Waals surface area contributed by atoms with E-state index in [0.29, 0.717) is 27.8 Å². The van der Waals surface area contributed by atoms with Gasteiger partial charge in [-0.3, -0.25) is 0 Å². The van der Waals surface area contributed by atoms with E-state index in [1.165, 1.54) is 18.9 Å². The van der Waals surface area contributed by atoms with Crippen LogP contribution in [0.1, 0.15) is 11.6 Å². The molecule has 0 saturated carbocycles. The number of benzene rings is 2. The fourth-order valence-corrected chi connectivity index (χ4v) is 3.98. The number of nitrogens with one attached hydrogen (secondary N) is 2. The summed E-state index contributed by atoms with van der Waals surface area (Å²) >= 11 is 1.28. The monoisotopic (exact) mass is 425 g/mol. The molecule has 1 aliphatic heterocycles. The van der Waals surface area contributed by atoms with Crippen molar-refractivity contribution in [2.45, 2.75) is 11.3 Å². The maximum absolute atomic E-state index is 12.6. The molecule has 0 fully saturated rings. The second-order valence-corrected chi connectivity index (χ2v) is 7.35. The van der Waals surface area contributed by atoms with Crippen LogP contribution in [0.2, 0.25) is 0 Å². The van der Waals surface area contributed by atoms with Gasteiger partial charge in [-0.1, -0.05) is 36.0 Å². The molecule has 8 nitrogen and oxygen atoms in total. The van der Waals surface area contributed by atoms with Crippen LogP contribution >= 0.6 is 11.8 Å². The highest BCUT2D eigenvalue weighted by Gasteiger charge is 2.33. The number of carbonyl (C=O) groups is 2. The molecule has 2 N–H and O–H groups in total. The zero-order valence-corrected chi connectivity index (χ0v) is 17.1. The number of esters is 1. The number of rotatable bonds is 6. The van der Waals surface area contributed by atoms with E-state index < -0.39 is 18.0 Å². The molecule has 1 aromatic heterocycles. The lowest BCUT2D eigenvalue weighted by Crippen LogP contribution is -2.46. The maximum atomic E-state index is 12.6. The van der Waals surface area contributed by atoms with E-state index in [1.807, 2.05) is 24.3 Å².